The first-order valence-corrected chi connectivity index (χ1v) is 9.08. The van der Waals surface area contributed by atoms with Crippen molar-refractivity contribution < 1.29 is 9.59 Å². The van der Waals surface area contributed by atoms with E-state index in [9.17, 15) is 9.59 Å². The topological polar surface area (TPSA) is 76.9 Å². The Kier molecular flexibility index (Phi) is 6.10. The monoisotopic (exact) mass is 362 g/mol. The van der Waals surface area contributed by atoms with Crippen LogP contribution in [0.15, 0.2) is 61.1 Å². The van der Waals surface area contributed by atoms with Crippen molar-refractivity contribution in [3.05, 3.63) is 77.9 Å². The number of aromatic nitrogens is 3. The van der Waals surface area contributed by atoms with Crippen LogP contribution in [0.25, 0.3) is 0 Å². The zero-order valence-corrected chi connectivity index (χ0v) is 15.3. The molecule has 3 aromatic rings. The van der Waals surface area contributed by atoms with E-state index in [-0.39, 0.29) is 17.5 Å². The summed E-state index contributed by atoms with van der Waals surface area (Å²) in [7, 11) is 0. The van der Waals surface area contributed by atoms with Crippen molar-refractivity contribution in [3.8, 4) is 0 Å². The molecule has 0 aliphatic heterocycles. The highest BCUT2D eigenvalue weighted by Gasteiger charge is 2.14. The predicted molar refractivity (Wildman–Crippen MR) is 104 cm³/mol. The highest BCUT2D eigenvalue weighted by Crippen LogP contribution is 2.11. The molecule has 27 heavy (non-hydrogen) atoms. The smallest absolute Gasteiger partial charge is 0.278 e. The van der Waals surface area contributed by atoms with Gasteiger partial charge in [-0.25, -0.2) is 4.68 Å². The zero-order chi connectivity index (χ0) is 19.1. The lowest BCUT2D eigenvalue weighted by molar-refractivity contribution is 0.0944. The standard InChI is InChI=1S/C21H22N4O2/c1-2-3-4-6-16-8-10-17(11-9-16)21(27)25-14-12-19(24-25)20(26)23-18-7-5-13-22-15-18/h5,7-15H,2-4,6H2,1H3,(H,23,26). The third-order valence-electron chi connectivity index (χ3n) is 4.22. The molecule has 0 fully saturated rings. The quantitative estimate of drug-likeness (QED) is 0.646. The van der Waals surface area contributed by atoms with Gasteiger partial charge >= 0.3 is 0 Å². The Bertz CT molecular complexity index is 901. The number of amides is 1. The minimum atomic E-state index is -0.388. The number of hydrogen-bond donors (Lipinski definition) is 1. The number of pyridine rings is 1. The average molecular weight is 362 g/mol. The molecule has 0 saturated heterocycles. The molecular formula is C21H22N4O2. The number of nitrogens with zero attached hydrogens (tertiary/aromatic N) is 3. The van der Waals surface area contributed by atoms with E-state index in [1.165, 1.54) is 35.4 Å². The van der Waals surface area contributed by atoms with Crippen LogP contribution in [-0.2, 0) is 6.42 Å². The van der Waals surface area contributed by atoms with Gasteiger partial charge in [0.15, 0.2) is 5.69 Å². The van der Waals surface area contributed by atoms with Crippen molar-refractivity contribution >= 4 is 17.5 Å². The molecule has 0 radical (unpaired) electrons. The Morgan fingerprint density at radius 1 is 1.07 bits per heavy atom. The van der Waals surface area contributed by atoms with Gasteiger partial charge in [-0.2, -0.15) is 5.10 Å². The molecular weight excluding hydrogens is 340 g/mol. The number of anilines is 1. The molecule has 1 amide bonds. The van der Waals surface area contributed by atoms with E-state index >= 15 is 0 Å². The molecule has 2 aromatic heterocycles. The van der Waals surface area contributed by atoms with Gasteiger partial charge in [0.25, 0.3) is 11.8 Å². The van der Waals surface area contributed by atoms with Gasteiger partial charge in [-0.15, -0.1) is 0 Å². The van der Waals surface area contributed by atoms with Crippen LogP contribution in [0.2, 0.25) is 0 Å². The predicted octanol–water partition coefficient (Wildman–Crippen LogP) is 3.95. The van der Waals surface area contributed by atoms with Crippen molar-refractivity contribution in [2.45, 2.75) is 32.6 Å². The Hall–Kier alpha value is -3.28. The van der Waals surface area contributed by atoms with Crippen molar-refractivity contribution in [2.75, 3.05) is 5.32 Å². The zero-order valence-electron chi connectivity index (χ0n) is 15.3. The first kappa shape index (κ1) is 18.5. The van der Waals surface area contributed by atoms with Crippen LogP contribution in [-0.4, -0.2) is 26.6 Å². The van der Waals surface area contributed by atoms with Gasteiger partial charge in [-0.05, 0) is 48.7 Å². The first-order chi connectivity index (χ1) is 13.2. The van der Waals surface area contributed by atoms with E-state index in [4.69, 9.17) is 0 Å². The number of hydrogen-bond acceptors (Lipinski definition) is 4. The Labute approximate surface area is 158 Å². The molecule has 6 heteroatoms. The molecule has 0 bridgehead atoms. The van der Waals surface area contributed by atoms with E-state index in [1.807, 2.05) is 12.1 Å². The molecule has 0 aliphatic carbocycles. The molecule has 6 nitrogen and oxygen atoms in total. The van der Waals surface area contributed by atoms with Gasteiger partial charge < -0.3 is 5.32 Å². The van der Waals surface area contributed by atoms with Crippen LogP contribution in [0.3, 0.4) is 0 Å². The number of aryl methyl sites for hydroxylation is 1. The lowest BCUT2D eigenvalue weighted by atomic mass is 10.1. The first-order valence-electron chi connectivity index (χ1n) is 9.08. The number of carbonyl (C=O) groups is 2. The Morgan fingerprint density at radius 2 is 1.89 bits per heavy atom. The van der Waals surface area contributed by atoms with Crippen LogP contribution in [0.1, 0.15) is 52.6 Å². The summed E-state index contributed by atoms with van der Waals surface area (Å²) < 4.78 is 1.18. The summed E-state index contributed by atoms with van der Waals surface area (Å²) in [6.07, 6.45) is 9.22. The maximum atomic E-state index is 12.6. The molecule has 1 N–H and O–H groups in total. The summed E-state index contributed by atoms with van der Waals surface area (Å²) in [5, 5.41) is 6.79. The maximum Gasteiger partial charge on any atom is 0.278 e. The van der Waals surface area contributed by atoms with Crippen molar-refractivity contribution in [2.24, 2.45) is 0 Å². The maximum absolute atomic E-state index is 12.6. The number of rotatable bonds is 7. The SMILES string of the molecule is CCCCCc1ccc(C(=O)n2ccc(C(=O)Nc3cccnc3)n2)cc1. The van der Waals surface area contributed by atoms with Gasteiger partial charge in [0, 0.05) is 18.0 Å². The normalized spacial score (nSPS) is 10.6. The summed E-state index contributed by atoms with van der Waals surface area (Å²) in [6.45, 7) is 2.18. The van der Waals surface area contributed by atoms with E-state index in [1.54, 1.807) is 36.7 Å². The fraction of sp³-hybridized carbons (Fsp3) is 0.238. The van der Waals surface area contributed by atoms with E-state index in [0.29, 0.717) is 11.3 Å². The molecule has 0 aliphatic rings. The third kappa shape index (κ3) is 4.88. The van der Waals surface area contributed by atoms with E-state index in [2.05, 4.69) is 22.3 Å². The van der Waals surface area contributed by atoms with Crippen LogP contribution < -0.4 is 5.32 Å². The average Bonchev–Trinajstić information content (AvgIpc) is 3.19. The van der Waals surface area contributed by atoms with Gasteiger partial charge in [-0.3, -0.25) is 14.6 Å². The van der Waals surface area contributed by atoms with Crippen molar-refractivity contribution in [1.82, 2.24) is 14.8 Å². The number of nitrogens with one attached hydrogen (secondary N) is 1. The second-order valence-electron chi connectivity index (χ2n) is 6.30. The molecule has 0 atom stereocenters. The molecule has 3 rings (SSSR count). The minimum Gasteiger partial charge on any atom is -0.319 e. The van der Waals surface area contributed by atoms with E-state index in [0.717, 1.165) is 12.8 Å². The number of benzene rings is 1. The van der Waals surface area contributed by atoms with Crippen LogP contribution in [0, 0.1) is 0 Å². The van der Waals surface area contributed by atoms with Crippen molar-refractivity contribution in [3.63, 3.8) is 0 Å². The lowest BCUT2D eigenvalue weighted by Crippen LogP contribution is -2.16. The van der Waals surface area contributed by atoms with Crippen LogP contribution >= 0.6 is 0 Å². The second-order valence-corrected chi connectivity index (χ2v) is 6.30. The van der Waals surface area contributed by atoms with Gasteiger partial charge in [-0.1, -0.05) is 31.9 Å². The van der Waals surface area contributed by atoms with Gasteiger partial charge in [0.1, 0.15) is 0 Å². The Morgan fingerprint density at radius 3 is 2.59 bits per heavy atom. The highest BCUT2D eigenvalue weighted by molar-refractivity contribution is 6.03. The Balaban J connectivity index is 1.65. The van der Waals surface area contributed by atoms with Gasteiger partial charge in [0.05, 0.1) is 11.9 Å². The minimum absolute atomic E-state index is 0.170. The van der Waals surface area contributed by atoms with Gasteiger partial charge in [0.2, 0.25) is 0 Å². The number of carbonyl (C=O) groups excluding carboxylic acids is 2. The largest absolute Gasteiger partial charge is 0.319 e. The fourth-order valence-corrected chi connectivity index (χ4v) is 2.72. The summed E-state index contributed by atoms with van der Waals surface area (Å²) in [5.41, 5.74) is 2.50. The molecule has 138 valence electrons. The van der Waals surface area contributed by atoms with Crippen LogP contribution in [0.5, 0.6) is 0 Å². The number of unbranched alkanes of at least 4 members (excludes halogenated alkanes) is 2. The summed E-state index contributed by atoms with van der Waals surface area (Å²) in [6, 6.07) is 12.5. The van der Waals surface area contributed by atoms with Crippen molar-refractivity contribution in [1.29, 1.82) is 0 Å². The summed E-state index contributed by atoms with van der Waals surface area (Å²) >= 11 is 0. The fourth-order valence-electron chi connectivity index (χ4n) is 2.72. The summed E-state index contributed by atoms with van der Waals surface area (Å²) in [5.74, 6) is -0.656. The molecule has 0 unspecified atom stereocenters. The van der Waals surface area contributed by atoms with Crippen LogP contribution in [0.4, 0.5) is 5.69 Å². The highest BCUT2D eigenvalue weighted by atomic mass is 16.2. The second kappa shape index (κ2) is 8.89. The van der Waals surface area contributed by atoms with E-state index < -0.39 is 0 Å². The lowest BCUT2D eigenvalue weighted by Gasteiger charge is -2.04. The summed E-state index contributed by atoms with van der Waals surface area (Å²) in [4.78, 5) is 28.7. The molecule has 0 spiro atoms. The third-order valence-corrected chi connectivity index (χ3v) is 4.22. The molecule has 0 saturated carbocycles. The molecule has 2 heterocycles. The molecule has 1 aromatic carbocycles.